The van der Waals surface area contributed by atoms with Crippen LogP contribution in [-0.4, -0.2) is 11.0 Å². The van der Waals surface area contributed by atoms with E-state index >= 15 is 0 Å². The summed E-state index contributed by atoms with van der Waals surface area (Å²) in [6, 6.07) is 2.69. The summed E-state index contributed by atoms with van der Waals surface area (Å²) >= 11 is 0.837. The van der Waals surface area contributed by atoms with Crippen LogP contribution in [0.3, 0.4) is 0 Å². The molecule has 0 bridgehead atoms. The molecule has 11 heavy (non-hydrogen) atoms. The van der Waals surface area contributed by atoms with E-state index in [1.54, 1.807) is 0 Å². The van der Waals surface area contributed by atoms with Crippen LogP contribution in [0.4, 0.5) is 10.0 Å². The summed E-state index contributed by atoms with van der Waals surface area (Å²) in [7, 11) is 0. The summed E-state index contributed by atoms with van der Waals surface area (Å²) in [4.78, 5) is 22.5. The maximum atomic E-state index is 10.1. The van der Waals surface area contributed by atoms with Crippen LogP contribution in [-0.2, 0) is 4.79 Å². The molecule has 0 unspecified atom stereocenters. The number of carbonyl (C=O) groups excluding carboxylic acids is 1. The van der Waals surface area contributed by atoms with Gasteiger partial charge in [-0.25, -0.2) is 4.79 Å². The van der Waals surface area contributed by atoms with E-state index in [1.807, 2.05) is 0 Å². The number of aliphatic imine (C=N–C) groups is 1. The summed E-state index contributed by atoms with van der Waals surface area (Å²) < 4.78 is 0. The quantitative estimate of drug-likeness (QED) is 0.293. The lowest BCUT2D eigenvalue weighted by Gasteiger charge is -1.78. The minimum absolute atomic E-state index is 0.0287. The lowest BCUT2D eigenvalue weighted by atomic mass is 10.6. The van der Waals surface area contributed by atoms with Crippen LogP contribution >= 0.6 is 11.3 Å². The van der Waals surface area contributed by atoms with Crippen molar-refractivity contribution in [2.75, 3.05) is 0 Å². The topological polar surface area (TPSA) is 72.6 Å². The Balaban J connectivity index is 2.99. The summed E-state index contributed by atoms with van der Waals surface area (Å²) in [5.74, 6) is 0. The molecule has 0 aliphatic carbocycles. The first kappa shape index (κ1) is 7.59. The highest BCUT2D eigenvalue weighted by Crippen LogP contribution is 2.29. The van der Waals surface area contributed by atoms with Gasteiger partial charge in [0.1, 0.15) is 5.00 Å². The van der Waals surface area contributed by atoms with Crippen molar-refractivity contribution in [3.05, 3.63) is 22.2 Å². The Labute approximate surface area is 65.1 Å². The molecule has 6 heteroatoms. The molecule has 0 saturated carbocycles. The van der Waals surface area contributed by atoms with Crippen LogP contribution in [0.15, 0.2) is 17.1 Å². The predicted octanol–water partition coefficient (Wildman–Crippen LogP) is 1.62. The fraction of sp³-hybridized carbons (Fsp3) is 0. The molecule has 1 aromatic rings. The third kappa shape index (κ3) is 1.70. The first-order valence-electron chi connectivity index (χ1n) is 2.56. The second kappa shape index (κ2) is 3.05. The number of hydrogen-bond donors (Lipinski definition) is 0. The van der Waals surface area contributed by atoms with Crippen molar-refractivity contribution in [3.8, 4) is 0 Å². The second-order valence-electron chi connectivity index (χ2n) is 1.57. The van der Waals surface area contributed by atoms with Crippen LogP contribution in [0.1, 0.15) is 0 Å². The zero-order chi connectivity index (χ0) is 8.27. The van der Waals surface area contributed by atoms with Gasteiger partial charge in [-0.2, -0.15) is 4.99 Å². The smallest absolute Gasteiger partial charge is 0.258 e. The van der Waals surface area contributed by atoms with E-state index in [2.05, 4.69) is 4.99 Å². The van der Waals surface area contributed by atoms with Gasteiger partial charge in [0.2, 0.25) is 6.08 Å². The van der Waals surface area contributed by atoms with E-state index in [4.69, 9.17) is 0 Å². The maximum Gasteiger partial charge on any atom is 0.326 e. The molecule has 0 aliphatic rings. The number of nitro groups is 1. The van der Waals surface area contributed by atoms with Crippen molar-refractivity contribution in [2.24, 2.45) is 4.99 Å². The van der Waals surface area contributed by atoms with E-state index in [0.29, 0.717) is 5.00 Å². The fourth-order valence-corrected chi connectivity index (χ4v) is 1.16. The summed E-state index contributed by atoms with van der Waals surface area (Å²) in [6.45, 7) is 0. The highest BCUT2D eigenvalue weighted by molar-refractivity contribution is 7.18. The van der Waals surface area contributed by atoms with E-state index in [1.165, 1.54) is 18.2 Å². The minimum atomic E-state index is -0.533. The van der Waals surface area contributed by atoms with E-state index in [0.717, 1.165) is 11.3 Å². The van der Waals surface area contributed by atoms with Gasteiger partial charge in [-0.3, -0.25) is 10.1 Å². The highest BCUT2D eigenvalue weighted by Gasteiger charge is 2.08. The number of isocyanates is 1. The van der Waals surface area contributed by atoms with Gasteiger partial charge in [0.25, 0.3) is 0 Å². The van der Waals surface area contributed by atoms with Crippen molar-refractivity contribution in [1.29, 1.82) is 0 Å². The molecule has 0 atom stereocenters. The molecular formula is C5H2N2O3S. The molecular weight excluding hydrogens is 168 g/mol. The molecule has 0 aromatic carbocycles. The van der Waals surface area contributed by atoms with Gasteiger partial charge in [-0.1, -0.05) is 0 Å². The van der Waals surface area contributed by atoms with Crippen molar-refractivity contribution >= 4 is 27.4 Å². The summed E-state index contributed by atoms with van der Waals surface area (Å²) in [5.41, 5.74) is 0. The highest BCUT2D eigenvalue weighted by atomic mass is 32.1. The molecule has 0 spiro atoms. The third-order valence-corrected chi connectivity index (χ3v) is 1.84. The van der Waals surface area contributed by atoms with Gasteiger partial charge in [-0.05, 0) is 17.4 Å². The molecule has 0 fully saturated rings. The zero-order valence-electron chi connectivity index (χ0n) is 5.18. The van der Waals surface area contributed by atoms with Gasteiger partial charge in [0.05, 0.1) is 4.92 Å². The van der Waals surface area contributed by atoms with Gasteiger partial charge < -0.3 is 0 Å². The standard InChI is InChI=1S/C5H2N2O3S/c8-3-6-4-1-2-5(11-4)7(9)10/h1-2H. The van der Waals surface area contributed by atoms with Crippen molar-refractivity contribution in [2.45, 2.75) is 0 Å². The predicted molar refractivity (Wildman–Crippen MR) is 38.8 cm³/mol. The van der Waals surface area contributed by atoms with Crippen LogP contribution in [0, 0.1) is 10.1 Å². The third-order valence-electron chi connectivity index (χ3n) is 0.913. The number of hydrogen-bond acceptors (Lipinski definition) is 5. The van der Waals surface area contributed by atoms with Crippen LogP contribution in [0.2, 0.25) is 0 Å². The summed E-state index contributed by atoms with van der Waals surface area (Å²) in [5, 5.41) is 10.4. The first-order valence-corrected chi connectivity index (χ1v) is 3.38. The molecule has 0 amide bonds. The van der Waals surface area contributed by atoms with E-state index in [9.17, 15) is 14.9 Å². The van der Waals surface area contributed by atoms with Crippen LogP contribution in [0.25, 0.3) is 0 Å². The molecule has 1 rings (SSSR count). The Bertz CT molecular complexity index is 310. The van der Waals surface area contributed by atoms with Crippen molar-refractivity contribution in [1.82, 2.24) is 0 Å². The maximum absolute atomic E-state index is 10.1. The van der Waals surface area contributed by atoms with Gasteiger partial charge >= 0.3 is 5.00 Å². The summed E-state index contributed by atoms with van der Waals surface area (Å²) in [6.07, 6.45) is 1.30. The molecule has 0 N–H and O–H groups in total. The molecule has 0 aliphatic heterocycles. The molecule has 1 heterocycles. The Hall–Kier alpha value is -1.52. The zero-order valence-corrected chi connectivity index (χ0v) is 6.00. The van der Waals surface area contributed by atoms with Gasteiger partial charge in [0, 0.05) is 6.07 Å². The number of nitrogens with zero attached hydrogens (tertiary/aromatic N) is 2. The van der Waals surface area contributed by atoms with Gasteiger partial charge in [-0.15, -0.1) is 0 Å². The molecule has 56 valence electrons. The molecule has 0 saturated heterocycles. The van der Waals surface area contributed by atoms with Crippen LogP contribution < -0.4 is 0 Å². The Morgan fingerprint density at radius 3 is 2.82 bits per heavy atom. The Kier molecular flexibility index (Phi) is 2.10. The average molecular weight is 170 g/mol. The van der Waals surface area contributed by atoms with Crippen molar-refractivity contribution < 1.29 is 9.72 Å². The number of rotatable bonds is 2. The lowest BCUT2D eigenvalue weighted by molar-refractivity contribution is -0.380. The molecule has 5 nitrogen and oxygen atoms in total. The second-order valence-corrected chi connectivity index (χ2v) is 2.61. The fourth-order valence-electron chi connectivity index (χ4n) is 0.521. The van der Waals surface area contributed by atoms with Gasteiger partial charge in [0.15, 0.2) is 0 Å². The monoisotopic (exact) mass is 170 g/mol. The minimum Gasteiger partial charge on any atom is -0.258 e. The van der Waals surface area contributed by atoms with Crippen LogP contribution in [0.5, 0.6) is 0 Å². The Morgan fingerprint density at radius 1 is 1.64 bits per heavy atom. The average Bonchev–Trinajstić information content (AvgIpc) is 2.37. The lowest BCUT2D eigenvalue weighted by Crippen LogP contribution is -1.80. The van der Waals surface area contributed by atoms with E-state index < -0.39 is 4.92 Å². The molecule has 1 aromatic heterocycles. The van der Waals surface area contributed by atoms with Crippen molar-refractivity contribution in [3.63, 3.8) is 0 Å². The van der Waals surface area contributed by atoms with E-state index in [-0.39, 0.29) is 5.00 Å². The largest absolute Gasteiger partial charge is 0.326 e. The molecule has 0 radical (unpaired) electrons. The SMILES string of the molecule is O=C=Nc1ccc([N+](=O)[O-])s1. The normalized spacial score (nSPS) is 8.73. The number of thiophene rings is 1. The first-order chi connectivity index (χ1) is 5.24. The Morgan fingerprint density at radius 2 is 2.36 bits per heavy atom.